The number of thioether (sulfide) groups is 1. The van der Waals surface area contributed by atoms with Crippen LogP contribution in [0.25, 0.3) is 0 Å². The summed E-state index contributed by atoms with van der Waals surface area (Å²) in [6.45, 7) is 0.664. The van der Waals surface area contributed by atoms with E-state index in [-0.39, 0.29) is 10.6 Å². The molecule has 4 nitrogen and oxygen atoms in total. The molecule has 0 atom stereocenters. The number of nitro groups is 1. The Morgan fingerprint density at radius 1 is 1.20 bits per heavy atom. The van der Waals surface area contributed by atoms with Crippen molar-refractivity contribution in [3.05, 3.63) is 63.1 Å². The summed E-state index contributed by atoms with van der Waals surface area (Å²) in [5.41, 5.74) is 0.635. The molecule has 0 aliphatic heterocycles. The van der Waals surface area contributed by atoms with Crippen LogP contribution in [0.2, 0.25) is 0 Å². The summed E-state index contributed by atoms with van der Waals surface area (Å²) in [4.78, 5) is 11.7. The molecule has 0 bridgehead atoms. The maximum absolute atomic E-state index is 10.9. The SMILES string of the molecule is O=[N+]([O-])c1ccc(Br)cc1NCCSc1ccccc1. The first kappa shape index (κ1) is 14.9. The lowest BCUT2D eigenvalue weighted by Gasteiger charge is -2.07. The molecule has 0 saturated heterocycles. The van der Waals surface area contributed by atoms with Crippen molar-refractivity contribution >= 4 is 39.1 Å². The molecule has 0 radical (unpaired) electrons. The van der Waals surface area contributed by atoms with E-state index in [1.165, 1.54) is 11.0 Å². The number of hydrogen-bond acceptors (Lipinski definition) is 4. The van der Waals surface area contributed by atoms with Gasteiger partial charge in [-0.25, -0.2) is 0 Å². The predicted molar refractivity (Wildman–Crippen MR) is 86.5 cm³/mol. The van der Waals surface area contributed by atoms with Crippen LogP contribution in [0.3, 0.4) is 0 Å². The zero-order chi connectivity index (χ0) is 14.4. The molecule has 0 spiro atoms. The Morgan fingerprint density at radius 2 is 1.95 bits per heavy atom. The zero-order valence-electron chi connectivity index (χ0n) is 10.6. The van der Waals surface area contributed by atoms with Crippen molar-refractivity contribution in [1.82, 2.24) is 0 Å². The van der Waals surface area contributed by atoms with Gasteiger partial charge in [0.25, 0.3) is 5.69 Å². The third-order valence-electron chi connectivity index (χ3n) is 2.58. The summed E-state index contributed by atoms with van der Waals surface area (Å²) in [6.07, 6.45) is 0. The van der Waals surface area contributed by atoms with Crippen molar-refractivity contribution in [3.63, 3.8) is 0 Å². The van der Waals surface area contributed by atoms with Crippen LogP contribution in [0.4, 0.5) is 11.4 Å². The van der Waals surface area contributed by atoms with Gasteiger partial charge in [0.1, 0.15) is 5.69 Å². The van der Waals surface area contributed by atoms with Gasteiger partial charge >= 0.3 is 0 Å². The Balaban J connectivity index is 1.91. The van der Waals surface area contributed by atoms with Gasteiger partial charge in [-0.15, -0.1) is 11.8 Å². The molecule has 0 aliphatic carbocycles. The summed E-state index contributed by atoms with van der Waals surface area (Å²) in [5.74, 6) is 0.841. The number of hydrogen-bond donors (Lipinski definition) is 1. The van der Waals surface area contributed by atoms with Crippen molar-refractivity contribution in [1.29, 1.82) is 0 Å². The second kappa shape index (κ2) is 7.31. The molecule has 0 amide bonds. The van der Waals surface area contributed by atoms with Crippen LogP contribution in [0.15, 0.2) is 57.9 Å². The van der Waals surface area contributed by atoms with Crippen LogP contribution in [0.1, 0.15) is 0 Å². The molecule has 0 fully saturated rings. The fourth-order valence-electron chi connectivity index (χ4n) is 1.68. The van der Waals surface area contributed by atoms with Crippen LogP contribution in [-0.4, -0.2) is 17.2 Å². The third kappa shape index (κ3) is 4.25. The maximum atomic E-state index is 10.9. The van der Waals surface area contributed by atoms with Gasteiger partial charge in [0.15, 0.2) is 0 Å². The van der Waals surface area contributed by atoms with Gasteiger partial charge in [0, 0.05) is 27.7 Å². The maximum Gasteiger partial charge on any atom is 0.292 e. The average molecular weight is 353 g/mol. The Hall–Kier alpha value is -1.53. The van der Waals surface area contributed by atoms with Crippen LogP contribution in [0.5, 0.6) is 0 Å². The minimum atomic E-state index is -0.376. The smallest absolute Gasteiger partial charge is 0.292 e. The summed E-state index contributed by atoms with van der Waals surface area (Å²) in [5, 5.41) is 14.0. The van der Waals surface area contributed by atoms with Crippen molar-refractivity contribution < 1.29 is 4.92 Å². The molecule has 0 heterocycles. The first-order chi connectivity index (χ1) is 9.66. The first-order valence-electron chi connectivity index (χ1n) is 6.02. The minimum absolute atomic E-state index is 0.0953. The standard InChI is InChI=1S/C14H13BrN2O2S/c15-11-6-7-14(17(18)19)13(10-11)16-8-9-20-12-4-2-1-3-5-12/h1-7,10,16H,8-9H2. The van der Waals surface area contributed by atoms with E-state index >= 15 is 0 Å². The van der Waals surface area contributed by atoms with Gasteiger partial charge in [-0.2, -0.15) is 0 Å². The highest BCUT2D eigenvalue weighted by atomic mass is 79.9. The lowest BCUT2D eigenvalue weighted by Crippen LogP contribution is -2.06. The molecule has 104 valence electrons. The largest absolute Gasteiger partial charge is 0.379 e. The fourth-order valence-corrected chi connectivity index (χ4v) is 2.83. The number of nitro benzene ring substituents is 1. The molecular formula is C14H13BrN2O2S. The van der Waals surface area contributed by atoms with Gasteiger partial charge < -0.3 is 5.32 Å². The number of halogens is 1. The van der Waals surface area contributed by atoms with Gasteiger partial charge in [-0.05, 0) is 24.3 Å². The molecule has 2 rings (SSSR count). The molecular weight excluding hydrogens is 340 g/mol. The highest BCUT2D eigenvalue weighted by molar-refractivity contribution is 9.10. The van der Waals surface area contributed by atoms with E-state index in [9.17, 15) is 10.1 Å². The summed E-state index contributed by atoms with van der Waals surface area (Å²) >= 11 is 5.04. The normalized spacial score (nSPS) is 10.2. The number of nitrogens with zero attached hydrogens (tertiary/aromatic N) is 1. The van der Waals surface area contributed by atoms with E-state index in [0.717, 1.165) is 10.2 Å². The Kier molecular flexibility index (Phi) is 5.43. The Morgan fingerprint density at radius 3 is 2.65 bits per heavy atom. The molecule has 0 unspecified atom stereocenters. The van der Waals surface area contributed by atoms with Gasteiger partial charge in [-0.3, -0.25) is 10.1 Å². The fraction of sp³-hybridized carbons (Fsp3) is 0.143. The zero-order valence-corrected chi connectivity index (χ0v) is 13.0. The highest BCUT2D eigenvalue weighted by Crippen LogP contribution is 2.28. The van der Waals surface area contributed by atoms with Crippen molar-refractivity contribution in [2.45, 2.75) is 4.90 Å². The summed E-state index contributed by atoms with van der Waals surface area (Å²) < 4.78 is 0.821. The van der Waals surface area contributed by atoms with Crippen molar-refractivity contribution in [2.75, 3.05) is 17.6 Å². The quantitative estimate of drug-likeness (QED) is 0.358. The Labute approximate surface area is 129 Å². The highest BCUT2D eigenvalue weighted by Gasteiger charge is 2.12. The second-order valence-corrected chi connectivity index (χ2v) is 6.09. The van der Waals surface area contributed by atoms with E-state index in [2.05, 4.69) is 21.2 Å². The van der Waals surface area contributed by atoms with E-state index in [1.807, 2.05) is 30.3 Å². The van der Waals surface area contributed by atoms with Gasteiger partial charge in [0.2, 0.25) is 0 Å². The third-order valence-corrected chi connectivity index (χ3v) is 4.09. The average Bonchev–Trinajstić information content (AvgIpc) is 2.44. The number of nitrogens with one attached hydrogen (secondary N) is 1. The van der Waals surface area contributed by atoms with E-state index < -0.39 is 0 Å². The predicted octanol–water partition coefficient (Wildman–Crippen LogP) is 4.56. The minimum Gasteiger partial charge on any atom is -0.379 e. The first-order valence-corrected chi connectivity index (χ1v) is 7.80. The van der Waals surface area contributed by atoms with E-state index in [4.69, 9.17) is 0 Å². The molecule has 1 N–H and O–H groups in total. The van der Waals surface area contributed by atoms with Crippen LogP contribution < -0.4 is 5.32 Å². The van der Waals surface area contributed by atoms with Crippen LogP contribution in [0, 0.1) is 10.1 Å². The van der Waals surface area contributed by atoms with Crippen molar-refractivity contribution in [3.8, 4) is 0 Å². The number of benzene rings is 2. The van der Waals surface area contributed by atoms with Crippen LogP contribution >= 0.6 is 27.7 Å². The van der Waals surface area contributed by atoms with Gasteiger partial charge in [-0.1, -0.05) is 34.1 Å². The molecule has 0 aromatic heterocycles. The summed E-state index contributed by atoms with van der Waals surface area (Å²) in [6, 6.07) is 15.0. The lowest BCUT2D eigenvalue weighted by molar-refractivity contribution is -0.384. The monoisotopic (exact) mass is 352 g/mol. The summed E-state index contributed by atoms with van der Waals surface area (Å²) in [7, 11) is 0. The molecule has 20 heavy (non-hydrogen) atoms. The van der Waals surface area contributed by atoms with Gasteiger partial charge in [0.05, 0.1) is 4.92 Å². The molecule has 6 heteroatoms. The number of rotatable bonds is 6. The van der Waals surface area contributed by atoms with E-state index in [1.54, 1.807) is 23.9 Å². The topological polar surface area (TPSA) is 55.2 Å². The molecule has 2 aromatic carbocycles. The molecule has 2 aromatic rings. The number of anilines is 1. The molecule has 0 aliphatic rings. The lowest BCUT2D eigenvalue weighted by atomic mass is 10.2. The Bertz CT molecular complexity index is 593. The van der Waals surface area contributed by atoms with Crippen molar-refractivity contribution in [2.24, 2.45) is 0 Å². The van der Waals surface area contributed by atoms with E-state index in [0.29, 0.717) is 12.2 Å². The second-order valence-electron chi connectivity index (χ2n) is 4.01. The molecule has 0 saturated carbocycles. The van der Waals surface area contributed by atoms with Crippen LogP contribution in [-0.2, 0) is 0 Å².